The van der Waals surface area contributed by atoms with Crippen molar-refractivity contribution in [1.82, 2.24) is 10.3 Å². The van der Waals surface area contributed by atoms with Crippen molar-refractivity contribution in [2.75, 3.05) is 0 Å². The molecule has 1 rings (SSSR count). The normalized spacial score (nSPS) is 11.6. The number of nitro groups is 1. The molecule has 25 heavy (non-hydrogen) atoms. The van der Waals surface area contributed by atoms with Gasteiger partial charge in [-0.05, 0) is 40.7 Å². The molecular formula is C17H24N4O4. The second-order valence-corrected chi connectivity index (χ2v) is 6.26. The number of carbonyl (C=O) groups excluding carboxylic acids is 2. The summed E-state index contributed by atoms with van der Waals surface area (Å²) >= 11 is 0. The summed E-state index contributed by atoms with van der Waals surface area (Å²) in [6.45, 7) is 9.40. The summed E-state index contributed by atoms with van der Waals surface area (Å²) < 4.78 is 0. The minimum Gasteiger partial charge on any atom is -0.338 e. The molecular weight excluding hydrogens is 324 g/mol. The van der Waals surface area contributed by atoms with E-state index in [4.69, 9.17) is 0 Å². The Morgan fingerprint density at radius 1 is 1.24 bits per heavy atom. The lowest BCUT2D eigenvalue weighted by atomic mass is 10.2. The van der Waals surface area contributed by atoms with Crippen LogP contribution in [0.4, 0.5) is 5.69 Å². The number of non-ortho nitro benzene ring substituents is 1. The molecule has 0 aliphatic heterocycles. The summed E-state index contributed by atoms with van der Waals surface area (Å²) in [5.74, 6) is -0.643. The number of benzene rings is 1. The van der Waals surface area contributed by atoms with Gasteiger partial charge < -0.3 is 4.90 Å². The predicted molar refractivity (Wildman–Crippen MR) is 95.4 cm³/mol. The standard InChI is InChI=1S/C17H24N4O4/c1-11(2)20(12(3)4)16(22)9-13(5)18-19-17(23)14-7-6-8-15(10-14)21(24)25/h6-8,10-12H,9H2,1-5H3,(H,19,23)/b18-13+. The minimum atomic E-state index is -0.573. The lowest BCUT2D eigenvalue weighted by Gasteiger charge is -2.30. The van der Waals surface area contributed by atoms with Crippen molar-refractivity contribution in [1.29, 1.82) is 0 Å². The fourth-order valence-electron chi connectivity index (χ4n) is 2.49. The Morgan fingerprint density at radius 2 is 1.84 bits per heavy atom. The first-order chi connectivity index (χ1) is 11.6. The first-order valence-corrected chi connectivity index (χ1v) is 8.02. The summed E-state index contributed by atoms with van der Waals surface area (Å²) in [5.41, 5.74) is 2.73. The number of carbonyl (C=O) groups is 2. The van der Waals surface area contributed by atoms with Crippen molar-refractivity contribution in [2.45, 2.75) is 53.1 Å². The van der Waals surface area contributed by atoms with Crippen molar-refractivity contribution in [3.05, 3.63) is 39.9 Å². The zero-order chi connectivity index (χ0) is 19.1. The number of amides is 2. The van der Waals surface area contributed by atoms with Crippen LogP contribution in [0.2, 0.25) is 0 Å². The molecule has 1 aromatic rings. The number of nitrogens with zero attached hydrogens (tertiary/aromatic N) is 3. The maximum absolute atomic E-state index is 12.3. The maximum Gasteiger partial charge on any atom is 0.271 e. The summed E-state index contributed by atoms with van der Waals surface area (Å²) in [4.78, 5) is 36.3. The quantitative estimate of drug-likeness (QED) is 0.464. The fraction of sp³-hybridized carbons (Fsp3) is 0.471. The van der Waals surface area contributed by atoms with Crippen molar-refractivity contribution >= 4 is 23.2 Å². The van der Waals surface area contributed by atoms with Crippen LogP contribution in [0.25, 0.3) is 0 Å². The molecule has 0 radical (unpaired) electrons. The van der Waals surface area contributed by atoms with Gasteiger partial charge in [0.05, 0.1) is 11.3 Å². The largest absolute Gasteiger partial charge is 0.338 e. The zero-order valence-electron chi connectivity index (χ0n) is 15.1. The Balaban J connectivity index is 2.74. The van der Waals surface area contributed by atoms with Crippen LogP contribution in [0.3, 0.4) is 0 Å². The highest BCUT2D eigenvalue weighted by molar-refractivity contribution is 6.01. The lowest BCUT2D eigenvalue weighted by molar-refractivity contribution is -0.384. The highest BCUT2D eigenvalue weighted by atomic mass is 16.6. The summed E-state index contributed by atoms with van der Waals surface area (Å²) in [6, 6.07) is 5.49. The number of hydrogen-bond acceptors (Lipinski definition) is 5. The second kappa shape index (κ2) is 8.91. The van der Waals surface area contributed by atoms with Crippen molar-refractivity contribution < 1.29 is 14.5 Å². The van der Waals surface area contributed by atoms with Gasteiger partial charge in [-0.3, -0.25) is 19.7 Å². The monoisotopic (exact) mass is 348 g/mol. The third kappa shape index (κ3) is 5.98. The molecule has 0 unspecified atom stereocenters. The third-order valence-corrected chi connectivity index (χ3v) is 3.48. The summed E-state index contributed by atoms with van der Waals surface area (Å²) in [6.07, 6.45) is 0.0889. The Kier molecular flexibility index (Phi) is 7.22. The number of nitrogens with one attached hydrogen (secondary N) is 1. The van der Waals surface area contributed by atoms with Crippen molar-refractivity contribution in [2.24, 2.45) is 5.10 Å². The molecule has 1 aromatic carbocycles. The van der Waals surface area contributed by atoms with E-state index < -0.39 is 10.8 Å². The van der Waals surface area contributed by atoms with Gasteiger partial charge in [-0.25, -0.2) is 5.43 Å². The fourth-order valence-corrected chi connectivity index (χ4v) is 2.49. The summed E-state index contributed by atoms with van der Waals surface area (Å²) in [5, 5.41) is 14.7. The molecule has 1 N–H and O–H groups in total. The molecule has 2 amide bonds. The van der Waals surface area contributed by atoms with Crippen LogP contribution in [-0.4, -0.2) is 39.4 Å². The first kappa shape index (κ1) is 20.3. The van der Waals surface area contributed by atoms with Crippen molar-refractivity contribution in [3.8, 4) is 0 Å². The van der Waals surface area contributed by atoms with Gasteiger partial charge in [0.1, 0.15) is 0 Å². The van der Waals surface area contributed by atoms with Crippen LogP contribution in [0.5, 0.6) is 0 Å². The number of hydrazone groups is 1. The Morgan fingerprint density at radius 3 is 2.36 bits per heavy atom. The Labute approximate surface area is 147 Å². The number of rotatable bonds is 7. The Hall–Kier alpha value is -2.77. The van der Waals surface area contributed by atoms with Gasteiger partial charge >= 0.3 is 0 Å². The van der Waals surface area contributed by atoms with Crippen LogP contribution in [-0.2, 0) is 4.79 Å². The predicted octanol–water partition coefficient (Wildman–Crippen LogP) is 2.74. The number of hydrogen-bond donors (Lipinski definition) is 1. The van der Waals surface area contributed by atoms with Crippen molar-refractivity contribution in [3.63, 3.8) is 0 Å². The van der Waals surface area contributed by atoms with Gasteiger partial charge in [-0.1, -0.05) is 6.07 Å². The van der Waals surface area contributed by atoms with E-state index in [0.29, 0.717) is 5.71 Å². The van der Waals surface area contributed by atoms with E-state index in [1.165, 1.54) is 24.3 Å². The van der Waals surface area contributed by atoms with Crippen LogP contribution >= 0.6 is 0 Å². The molecule has 8 heteroatoms. The van der Waals surface area contributed by atoms with Gasteiger partial charge in [0.15, 0.2) is 0 Å². The molecule has 0 saturated carbocycles. The van der Waals surface area contributed by atoms with E-state index in [2.05, 4.69) is 10.5 Å². The van der Waals surface area contributed by atoms with Gasteiger partial charge in [-0.2, -0.15) is 5.10 Å². The molecule has 0 atom stereocenters. The highest BCUT2D eigenvalue weighted by Gasteiger charge is 2.20. The molecule has 0 aromatic heterocycles. The molecule has 8 nitrogen and oxygen atoms in total. The van der Waals surface area contributed by atoms with Gasteiger partial charge in [0, 0.05) is 35.5 Å². The van der Waals surface area contributed by atoms with E-state index in [9.17, 15) is 19.7 Å². The molecule has 0 saturated heterocycles. The topological polar surface area (TPSA) is 105 Å². The van der Waals surface area contributed by atoms with E-state index in [-0.39, 0.29) is 35.7 Å². The van der Waals surface area contributed by atoms with E-state index >= 15 is 0 Å². The van der Waals surface area contributed by atoms with Gasteiger partial charge in [-0.15, -0.1) is 0 Å². The lowest BCUT2D eigenvalue weighted by Crippen LogP contribution is -2.42. The van der Waals surface area contributed by atoms with Crippen LogP contribution < -0.4 is 5.43 Å². The maximum atomic E-state index is 12.3. The molecule has 0 aliphatic rings. The molecule has 136 valence electrons. The van der Waals surface area contributed by atoms with E-state index in [1.54, 1.807) is 11.8 Å². The molecule has 0 bridgehead atoms. The third-order valence-electron chi connectivity index (χ3n) is 3.48. The Bertz CT molecular complexity index is 675. The molecule has 0 aliphatic carbocycles. The molecule has 0 spiro atoms. The first-order valence-electron chi connectivity index (χ1n) is 8.02. The average Bonchev–Trinajstić information content (AvgIpc) is 2.51. The zero-order valence-corrected chi connectivity index (χ0v) is 15.1. The summed E-state index contributed by atoms with van der Waals surface area (Å²) in [7, 11) is 0. The van der Waals surface area contributed by atoms with Crippen LogP contribution in [0.1, 0.15) is 51.4 Å². The van der Waals surface area contributed by atoms with E-state index in [0.717, 1.165) is 0 Å². The van der Waals surface area contributed by atoms with Gasteiger partial charge in [0.25, 0.3) is 11.6 Å². The molecule has 0 fully saturated rings. The smallest absolute Gasteiger partial charge is 0.271 e. The second-order valence-electron chi connectivity index (χ2n) is 6.26. The van der Waals surface area contributed by atoms with E-state index in [1.807, 2.05) is 27.7 Å². The highest BCUT2D eigenvalue weighted by Crippen LogP contribution is 2.13. The number of nitro benzene ring substituents is 1. The average molecular weight is 348 g/mol. The minimum absolute atomic E-state index is 0.0692. The van der Waals surface area contributed by atoms with Gasteiger partial charge in [0.2, 0.25) is 5.91 Å². The van der Waals surface area contributed by atoms with Crippen LogP contribution in [0.15, 0.2) is 29.4 Å². The SMILES string of the molecule is C/C(CC(=O)N(C(C)C)C(C)C)=N\NC(=O)c1cccc([N+](=O)[O-])c1. The molecule has 0 heterocycles. The van der Waals surface area contributed by atoms with Crippen LogP contribution in [0, 0.1) is 10.1 Å².